The Balaban J connectivity index is 1.73. The second-order valence-corrected chi connectivity index (χ2v) is 23.3. The van der Waals surface area contributed by atoms with Crippen molar-refractivity contribution in [3.05, 3.63) is 46.5 Å². The lowest BCUT2D eigenvalue weighted by atomic mass is 10.1. The van der Waals surface area contributed by atoms with Crippen molar-refractivity contribution in [3.63, 3.8) is 0 Å². The standard InChI is InChI=1S/C26H35Cl2N6O5PS2Si/c1-26(2,3)43(4,5)39-22-21(19(12-35)37-25(22)34-15-33-20-23(30)31-14-32-24(20)34)38-40(41,36-10-6-9-29)42-13-16-7-8-17(27)11-18(16)28/h7-8,11,14-15,19,21-22,25,35H,6,10,12-13H2,1-5H3,(H2,30,31,32). The van der Waals surface area contributed by atoms with E-state index in [0.717, 1.165) is 5.56 Å². The number of anilines is 1. The lowest BCUT2D eigenvalue weighted by molar-refractivity contribution is -0.0486. The third kappa shape index (κ3) is 7.91. The van der Waals surface area contributed by atoms with E-state index in [1.807, 2.05) is 6.07 Å². The molecule has 1 saturated heterocycles. The van der Waals surface area contributed by atoms with Gasteiger partial charge < -0.3 is 29.1 Å². The average Bonchev–Trinajstić information content (AvgIpc) is 3.49. The molecule has 43 heavy (non-hydrogen) atoms. The predicted octanol–water partition coefficient (Wildman–Crippen LogP) is 6.47. The molecule has 3 aromatic rings. The van der Waals surface area contributed by atoms with Gasteiger partial charge in [0.1, 0.15) is 30.2 Å². The Kier molecular flexibility index (Phi) is 11.2. The molecule has 1 fully saturated rings. The Hall–Kier alpha value is -1.34. The van der Waals surface area contributed by atoms with Crippen LogP contribution < -0.4 is 5.73 Å². The molecule has 234 valence electrons. The molecule has 3 N–H and O–H groups in total. The van der Waals surface area contributed by atoms with Crippen molar-refractivity contribution in [2.45, 2.75) is 75.6 Å². The zero-order valence-corrected chi connectivity index (χ0v) is 29.5. The van der Waals surface area contributed by atoms with Gasteiger partial charge in [0.2, 0.25) is 5.69 Å². The van der Waals surface area contributed by atoms with Gasteiger partial charge in [-0.25, -0.2) is 15.0 Å². The van der Waals surface area contributed by atoms with Gasteiger partial charge in [0.05, 0.1) is 32.0 Å². The van der Waals surface area contributed by atoms with Crippen LogP contribution in [0.15, 0.2) is 30.9 Å². The van der Waals surface area contributed by atoms with Gasteiger partial charge in [-0.2, -0.15) is 5.26 Å². The molecule has 1 aromatic carbocycles. The van der Waals surface area contributed by atoms with Gasteiger partial charge >= 0.3 is 0 Å². The maximum Gasteiger partial charge on any atom is 0.248 e. The third-order valence-corrected chi connectivity index (χ3v) is 17.7. The van der Waals surface area contributed by atoms with Crippen LogP contribution in [0.1, 0.15) is 39.0 Å². The van der Waals surface area contributed by atoms with Crippen LogP contribution >= 0.6 is 40.3 Å². The number of benzene rings is 1. The lowest BCUT2D eigenvalue weighted by Crippen LogP contribution is -2.49. The topological polar surface area (TPSA) is 151 Å². The van der Waals surface area contributed by atoms with Crippen molar-refractivity contribution in [1.29, 1.82) is 5.26 Å². The highest BCUT2D eigenvalue weighted by molar-refractivity contribution is 8.67. The molecule has 1 aliphatic heterocycles. The van der Waals surface area contributed by atoms with E-state index in [1.54, 1.807) is 23.0 Å². The van der Waals surface area contributed by atoms with E-state index >= 15 is 0 Å². The van der Waals surface area contributed by atoms with E-state index in [9.17, 15) is 5.11 Å². The molecule has 4 rings (SSSR count). The lowest BCUT2D eigenvalue weighted by Gasteiger charge is -2.41. The minimum absolute atomic E-state index is 0.0754. The normalized spacial score (nSPS) is 22.5. The fourth-order valence-corrected chi connectivity index (χ4v) is 10.4. The first-order valence-electron chi connectivity index (χ1n) is 13.4. The number of nitrogens with two attached hydrogens (primary N) is 1. The number of aliphatic hydroxyl groups excluding tert-OH is 1. The summed E-state index contributed by atoms with van der Waals surface area (Å²) in [5.41, 5.74) is 4.56. The number of hydrogen-bond acceptors (Lipinski definition) is 12. The van der Waals surface area contributed by atoms with Crippen LogP contribution in [0, 0.1) is 11.3 Å². The number of aliphatic hydroxyl groups is 1. The molecule has 5 unspecified atom stereocenters. The number of nitrogen functional groups attached to an aromatic ring is 1. The SMILES string of the molecule is CC(C)(C)[Si](C)(C)OC1C(OP(=S)(OCCC#N)SCc2ccc(Cl)cc2Cl)C(CO)OC1n1cnc2c(N)ncnc21. The fraction of sp³-hybridized carbons (Fsp3) is 0.538. The molecule has 17 heteroatoms. The Morgan fingerprint density at radius 3 is 2.65 bits per heavy atom. The zero-order valence-electron chi connectivity index (χ0n) is 24.4. The highest BCUT2D eigenvalue weighted by Gasteiger charge is 2.53. The molecular formula is C26H35Cl2N6O5PS2Si. The zero-order chi connectivity index (χ0) is 31.6. The highest BCUT2D eigenvalue weighted by atomic mass is 35.5. The van der Waals surface area contributed by atoms with E-state index in [2.05, 4.69) is 54.9 Å². The van der Waals surface area contributed by atoms with Gasteiger partial charge in [-0.15, -0.1) is 0 Å². The quantitative estimate of drug-likeness (QED) is 0.121. The van der Waals surface area contributed by atoms with Crippen molar-refractivity contribution in [3.8, 4) is 6.07 Å². The molecule has 2 aromatic heterocycles. The molecule has 0 amide bonds. The van der Waals surface area contributed by atoms with Gasteiger partial charge in [0, 0.05) is 15.8 Å². The van der Waals surface area contributed by atoms with E-state index < -0.39 is 38.6 Å². The fourth-order valence-electron chi connectivity index (χ4n) is 4.14. The van der Waals surface area contributed by atoms with E-state index in [0.29, 0.717) is 27.0 Å². The maximum absolute atomic E-state index is 10.5. The number of nitriles is 1. The van der Waals surface area contributed by atoms with E-state index in [1.165, 1.54) is 17.7 Å². The molecule has 1 aliphatic rings. The molecular weight excluding hydrogens is 670 g/mol. The van der Waals surface area contributed by atoms with Crippen molar-refractivity contribution in [1.82, 2.24) is 19.5 Å². The molecule has 0 aliphatic carbocycles. The van der Waals surface area contributed by atoms with Crippen LogP contribution in [0.5, 0.6) is 0 Å². The van der Waals surface area contributed by atoms with Crippen LogP contribution in [-0.2, 0) is 35.8 Å². The minimum atomic E-state index is -3.17. The van der Waals surface area contributed by atoms with Gasteiger partial charge in [-0.1, -0.05) is 61.4 Å². The molecule has 0 radical (unpaired) electrons. The van der Waals surface area contributed by atoms with Gasteiger partial charge in [0.25, 0.3) is 0 Å². The monoisotopic (exact) mass is 704 g/mol. The van der Waals surface area contributed by atoms with Crippen molar-refractivity contribution >= 4 is 77.4 Å². The summed E-state index contributed by atoms with van der Waals surface area (Å²) in [6.45, 7) is 10.3. The first kappa shape index (κ1) is 34.5. The molecule has 3 heterocycles. The minimum Gasteiger partial charge on any atom is -0.407 e. The summed E-state index contributed by atoms with van der Waals surface area (Å²) in [4.78, 5) is 12.8. The Morgan fingerprint density at radius 1 is 1.26 bits per heavy atom. The Labute approximate surface area is 271 Å². The van der Waals surface area contributed by atoms with Crippen LogP contribution in [0.4, 0.5) is 5.82 Å². The number of ether oxygens (including phenoxy) is 1. The van der Waals surface area contributed by atoms with Gasteiger partial charge in [-0.05, 0) is 47.6 Å². The average molecular weight is 706 g/mol. The summed E-state index contributed by atoms with van der Waals surface area (Å²) in [6.07, 6.45) is -0.117. The summed E-state index contributed by atoms with van der Waals surface area (Å²) in [5, 5.41) is 20.5. The summed E-state index contributed by atoms with van der Waals surface area (Å²) in [7, 11) is -2.45. The van der Waals surface area contributed by atoms with E-state index in [4.69, 9.17) is 64.2 Å². The number of rotatable bonds is 12. The third-order valence-electron chi connectivity index (χ3n) is 7.47. The van der Waals surface area contributed by atoms with Crippen LogP contribution in [0.2, 0.25) is 28.2 Å². The van der Waals surface area contributed by atoms with Crippen LogP contribution in [0.25, 0.3) is 11.2 Å². The molecule has 0 spiro atoms. The van der Waals surface area contributed by atoms with Gasteiger partial charge in [0.15, 0.2) is 26.0 Å². The highest BCUT2D eigenvalue weighted by Crippen LogP contribution is 2.64. The van der Waals surface area contributed by atoms with Crippen molar-refractivity contribution < 1.29 is 23.3 Å². The molecule has 0 saturated carbocycles. The van der Waals surface area contributed by atoms with E-state index in [-0.39, 0.29) is 30.5 Å². The summed E-state index contributed by atoms with van der Waals surface area (Å²) < 4.78 is 27.9. The van der Waals surface area contributed by atoms with Crippen molar-refractivity contribution in [2.75, 3.05) is 18.9 Å². The number of nitrogens with zero attached hydrogens (tertiary/aromatic N) is 5. The molecule has 11 nitrogen and oxygen atoms in total. The maximum atomic E-state index is 10.5. The predicted molar refractivity (Wildman–Crippen MR) is 176 cm³/mol. The second-order valence-electron chi connectivity index (χ2n) is 11.4. The Bertz CT molecular complexity index is 1540. The van der Waals surface area contributed by atoms with Crippen LogP contribution in [0.3, 0.4) is 0 Å². The first-order valence-corrected chi connectivity index (χ1v) is 21.3. The summed E-state index contributed by atoms with van der Waals surface area (Å²) in [5.74, 6) is 0.602. The second kappa shape index (κ2) is 14.0. The van der Waals surface area contributed by atoms with Crippen molar-refractivity contribution in [2.24, 2.45) is 0 Å². The molecule has 5 atom stereocenters. The van der Waals surface area contributed by atoms with Crippen LogP contribution in [-0.4, -0.2) is 64.5 Å². The number of aromatic nitrogens is 4. The first-order chi connectivity index (χ1) is 20.2. The molecule has 0 bridgehead atoms. The smallest absolute Gasteiger partial charge is 0.248 e. The number of hydrogen-bond donors (Lipinski definition) is 2. The largest absolute Gasteiger partial charge is 0.407 e. The number of imidazole rings is 1. The number of halogens is 2. The number of fused-ring (bicyclic) bond motifs is 1. The summed E-state index contributed by atoms with van der Waals surface area (Å²) >= 11 is 19.8. The summed E-state index contributed by atoms with van der Waals surface area (Å²) in [6, 6.07) is 7.30. The van der Waals surface area contributed by atoms with Gasteiger partial charge in [-0.3, -0.25) is 4.57 Å². The Morgan fingerprint density at radius 2 is 2.00 bits per heavy atom.